The van der Waals surface area contributed by atoms with E-state index in [1.54, 1.807) is 7.11 Å². The van der Waals surface area contributed by atoms with Gasteiger partial charge in [0, 0.05) is 7.11 Å². The topological polar surface area (TPSA) is 38.7 Å². The van der Waals surface area contributed by atoms with E-state index in [1.807, 2.05) is 6.92 Å². The molecular formula is C6H14O3. The van der Waals surface area contributed by atoms with Gasteiger partial charge in [-0.05, 0) is 19.8 Å². The van der Waals surface area contributed by atoms with Crippen LogP contribution in [0.5, 0.6) is 0 Å². The highest BCUT2D eigenvalue weighted by Crippen LogP contribution is 1.98. The Labute approximate surface area is 55.5 Å². The van der Waals surface area contributed by atoms with E-state index in [0.29, 0.717) is 6.61 Å². The lowest BCUT2D eigenvalue weighted by Gasteiger charge is -2.06. The Balaban J connectivity index is 2.88. The number of rotatable bonds is 5. The molecule has 0 bridgehead atoms. The first-order chi connectivity index (χ1) is 4.31. The van der Waals surface area contributed by atoms with Crippen LogP contribution in [0.4, 0.5) is 0 Å². The molecule has 0 amide bonds. The van der Waals surface area contributed by atoms with Gasteiger partial charge in [-0.15, -0.1) is 0 Å². The molecule has 3 heteroatoms. The number of ether oxygens (including phenoxy) is 1. The summed E-state index contributed by atoms with van der Waals surface area (Å²) in [5.41, 5.74) is 0. The highest BCUT2D eigenvalue weighted by atomic mass is 17.1. The Hall–Kier alpha value is -0.120. The summed E-state index contributed by atoms with van der Waals surface area (Å²) in [5, 5.41) is 7.91. The fourth-order valence-electron chi connectivity index (χ4n) is 0.553. The molecule has 1 N–H and O–H groups in total. The summed E-state index contributed by atoms with van der Waals surface area (Å²) in [5.74, 6) is 0. The Morgan fingerprint density at radius 1 is 1.56 bits per heavy atom. The standard InChI is InChI=1S/C6H14O3/c1-6(8-2)4-3-5-9-7/h6-7H,3-5H2,1-2H3. The Kier molecular flexibility index (Phi) is 5.93. The summed E-state index contributed by atoms with van der Waals surface area (Å²) in [7, 11) is 1.67. The average molecular weight is 134 g/mol. The molecule has 0 saturated carbocycles. The predicted octanol–water partition coefficient (Wildman–Crippen LogP) is 1.29. The Bertz CT molecular complexity index is 56.3. The molecule has 1 unspecified atom stereocenters. The van der Waals surface area contributed by atoms with Crippen LogP contribution < -0.4 is 0 Å². The molecule has 0 aliphatic rings. The van der Waals surface area contributed by atoms with Gasteiger partial charge in [0.2, 0.25) is 0 Å². The Morgan fingerprint density at radius 3 is 2.67 bits per heavy atom. The molecule has 9 heavy (non-hydrogen) atoms. The molecule has 0 heterocycles. The second kappa shape index (κ2) is 6.01. The molecule has 0 aromatic heterocycles. The molecule has 0 aromatic rings. The van der Waals surface area contributed by atoms with Crippen LogP contribution >= 0.6 is 0 Å². The first-order valence-corrected chi connectivity index (χ1v) is 3.10. The van der Waals surface area contributed by atoms with Gasteiger partial charge in [-0.25, -0.2) is 4.89 Å². The van der Waals surface area contributed by atoms with Gasteiger partial charge in [0.1, 0.15) is 0 Å². The van der Waals surface area contributed by atoms with Gasteiger partial charge in [-0.2, -0.15) is 0 Å². The molecule has 0 aliphatic heterocycles. The van der Waals surface area contributed by atoms with E-state index in [1.165, 1.54) is 0 Å². The van der Waals surface area contributed by atoms with E-state index < -0.39 is 0 Å². The molecule has 0 aliphatic carbocycles. The fraction of sp³-hybridized carbons (Fsp3) is 1.00. The zero-order chi connectivity index (χ0) is 7.11. The van der Waals surface area contributed by atoms with Gasteiger partial charge < -0.3 is 4.74 Å². The number of hydrogen-bond acceptors (Lipinski definition) is 3. The molecule has 56 valence electrons. The molecule has 0 saturated heterocycles. The lowest BCUT2D eigenvalue weighted by molar-refractivity contribution is -0.243. The molecular weight excluding hydrogens is 120 g/mol. The third-order valence-electron chi connectivity index (χ3n) is 1.25. The quantitative estimate of drug-likeness (QED) is 0.350. The highest BCUT2D eigenvalue weighted by Gasteiger charge is 1.97. The summed E-state index contributed by atoms with van der Waals surface area (Å²) >= 11 is 0. The molecule has 0 rings (SSSR count). The van der Waals surface area contributed by atoms with Gasteiger partial charge in [-0.3, -0.25) is 5.26 Å². The lowest BCUT2D eigenvalue weighted by atomic mass is 10.2. The lowest BCUT2D eigenvalue weighted by Crippen LogP contribution is -2.05. The summed E-state index contributed by atoms with van der Waals surface area (Å²) in [6, 6.07) is 0. The van der Waals surface area contributed by atoms with Crippen LogP contribution in [0, 0.1) is 0 Å². The summed E-state index contributed by atoms with van der Waals surface area (Å²) in [6.45, 7) is 2.38. The molecule has 3 nitrogen and oxygen atoms in total. The predicted molar refractivity (Wildman–Crippen MR) is 34.3 cm³/mol. The van der Waals surface area contributed by atoms with Crippen molar-refractivity contribution in [1.82, 2.24) is 0 Å². The van der Waals surface area contributed by atoms with E-state index >= 15 is 0 Å². The van der Waals surface area contributed by atoms with Gasteiger partial charge in [-0.1, -0.05) is 0 Å². The van der Waals surface area contributed by atoms with Crippen molar-refractivity contribution in [3.63, 3.8) is 0 Å². The fourth-order valence-corrected chi connectivity index (χ4v) is 0.553. The van der Waals surface area contributed by atoms with Crippen molar-refractivity contribution in [2.45, 2.75) is 25.9 Å². The summed E-state index contributed by atoms with van der Waals surface area (Å²) in [4.78, 5) is 3.88. The SMILES string of the molecule is COC(C)CCCOO. The minimum Gasteiger partial charge on any atom is -0.382 e. The third kappa shape index (κ3) is 5.76. The van der Waals surface area contributed by atoms with Gasteiger partial charge in [0.05, 0.1) is 12.7 Å². The van der Waals surface area contributed by atoms with Crippen LogP contribution in [0.15, 0.2) is 0 Å². The maximum Gasteiger partial charge on any atom is 0.0820 e. The normalized spacial score (nSPS) is 13.7. The van der Waals surface area contributed by atoms with Gasteiger partial charge >= 0.3 is 0 Å². The van der Waals surface area contributed by atoms with Crippen LogP contribution in [0.2, 0.25) is 0 Å². The molecule has 0 radical (unpaired) electrons. The second-order valence-corrected chi connectivity index (χ2v) is 2.02. The van der Waals surface area contributed by atoms with Crippen molar-refractivity contribution in [3.8, 4) is 0 Å². The molecule has 1 atom stereocenters. The van der Waals surface area contributed by atoms with Crippen molar-refractivity contribution < 1.29 is 14.9 Å². The minimum absolute atomic E-state index is 0.264. The van der Waals surface area contributed by atoms with Crippen molar-refractivity contribution in [2.75, 3.05) is 13.7 Å². The zero-order valence-electron chi connectivity index (χ0n) is 5.96. The van der Waals surface area contributed by atoms with E-state index in [2.05, 4.69) is 4.89 Å². The average Bonchev–Trinajstić information content (AvgIpc) is 1.89. The van der Waals surface area contributed by atoms with Gasteiger partial charge in [0.25, 0.3) is 0 Å². The molecule has 0 spiro atoms. The van der Waals surface area contributed by atoms with Crippen LogP contribution in [-0.4, -0.2) is 25.1 Å². The smallest absolute Gasteiger partial charge is 0.0820 e. The van der Waals surface area contributed by atoms with Crippen LogP contribution in [-0.2, 0) is 9.62 Å². The van der Waals surface area contributed by atoms with Crippen LogP contribution in [0.3, 0.4) is 0 Å². The number of methoxy groups -OCH3 is 1. The van der Waals surface area contributed by atoms with E-state index in [0.717, 1.165) is 12.8 Å². The Morgan fingerprint density at radius 2 is 2.22 bits per heavy atom. The molecule has 0 aromatic carbocycles. The van der Waals surface area contributed by atoms with E-state index in [-0.39, 0.29) is 6.10 Å². The summed E-state index contributed by atoms with van der Waals surface area (Å²) < 4.78 is 4.96. The zero-order valence-corrected chi connectivity index (χ0v) is 5.96. The third-order valence-corrected chi connectivity index (χ3v) is 1.25. The second-order valence-electron chi connectivity index (χ2n) is 2.02. The number of hydrogen-bond donors (Lipinski definition) is 1. The highest BCUT2D eigenvalue weighted by molar-refractivity contribution is 4.47. The van der Waals surface area contributed by atoms with Crippen molar-refractivity contribution >= 4 is 0 Å². The minimum atomic E-state index is 0.264. The first kappa shape index (κ1) is 8.88. The van der Waals surface area contributed by atoms with Crippen LogP contribution in [0.25, 0.3) is 0 Å². The van der Waals surface area contributed by atoms with Gasteiger partial charge in [0.15, 0.2) is 0 Å². The first-order valence-electron chi connectivity index (χ1n) is 3.10. The van der Waals surface area contributed by atoms with E-state index in [4.69, 9.17) is 9.99 Å². The van der Waals surface area contributed by atoms with Crippen LogP contribution in [0.1, 0.15) is 19.8 Å². The maximum absolute atomic E-state index is 7.91. The summed E-state index contributed by atoms with van der Waals surface area (Å²) in [6.07, 6.45) is 2.03. The largest absolute Gasteiger partial charge is 0.382 e. The molecule has 0 fully saturated rings. The monoisotopic (exact) mass is 134 g/mol. The van der Waals surface area contributed by atoms with Crippen molar-refractivity contribution in [1.29, 1.82) is 0 Å². The van der Waals surface area contributed by atoms with Crippen molar-refractivity contribution in [3.05, 3.63) is 0 Å². The van der Waals surface area contributed by atoms with E-state index in [9.17, 15) is 0 Å². The van der Waals surface area contributed by atoms with Crippen molar-refractivity contribution in [2.24, 2.45) is 0 Å². The maximum atomic E-state index is 7.91.